The summed E-state index contributed by atoms with van der Waals surface area (Å²) in [6, 6.07) is 6.13. The van der Waals surface area contributed by atoms with Crippen LogP contribution in [0.15, 0.2) is 29.4 Å². The molecule has 2 aliphatic heterocycles. The van der Waals surface area contributed by atoms with Gasteiger partial charge in [-0.2, -0.15) is 0 Å². The fraction of sp³-hybridized carbons (Fsp3) is 0.524. The highest BCUT2D eigenvalue weighted by atomic mass is 16.5. The van der Waals surface area contributed by atoms with Crippen LogP contribution >= 0.6 is 0 Å². The van der Waals surface area contributed by atoms with Crippen molar-refractivity contribution < 1.29 is 14.3 Å². The lowest BCUT2D eigenvalue weighted by Gasteiger charge is -2.41. The average molecular weight is 381 g/mol. The number of fused-ring (bicyclic) bond motifs is 3. The van der Waals surface area contributed by atoms with Crippen molar-refractivity contribution in [3.8, 4) is 0 Å². The number of hydrogen-bond donors (Lipinski definition) is 1. The molecule has 7 heteroatoms. The molecule has 0 aliphatic carbocycles. The molecule has 0 fully saturated rings. The Morgan fingerprint density at radius 3 is 2.93 bits per heavy atom. The first-order valence-corrected chi connectivity index (χ1v) is 9.90. The molecule has 0 bridgehead atoms. The number of nitrogens with one attached hydrogen (secondary N) is 1. The van der Waals surface area contributed by atoms with Gasteiger partial charge in [0, 0.05) is 28.5 Å². The first-order valence-electron chi connectivity index (χ1n) is 9.90. The molecule has 7 nitrogen and oxygen atoms in total. The monoisotopic (exact) mass is 381 g/mol. The highest BCUT2D eigenvalue weighted by Crippen LogP contribution is 2.49. The molecule has 2 aliphatic rings. The number of aromatic nitrogens is 1. The number of rotatable bonds is 4. The van der Waals surface area contributed by atoms with E-state index in [1.54, 1.807) is 0 Å². The first kappa shape index (κ1) is 18.8. The van der Waals surface area contributed by atoms with Crippen molar-refractivity contribution in [2.24, 2.45) is 5.11 Å². The predicted molar refractivity (Wildman–Crippen MR) is 105 cm³/mol. The Morgan fingerprint density at radius 2 is 2.21 bits per heavy atom. The second-order valence-electron chi connectivity index (χ2n) is 7.76. The largest absolute Gasteiger partial charge is 0.711 e. The number of hydrogen-bond acceptors (Lipinski definition) is 5. The van der Waals surface area contributed by atoms with E-state index in [9.17, 15) is 15.1 Å². The standard InChI is InChI=1S/C21H25N4O3/c1-3-21-10-6-12-23-17(18(24-22)20(27)28-2)16-13-7-4-5-8-14(13)25(19(16)21)15(26)9-11-21/h4-5,7-8,17-18,23H,3,6,9-12H2,1-2H3/q-1/t17?,18?,21-/m1/s1. The second-order valence-corrected chi connectivity index (χ2v) is 7.76. The zero-order chi connectivity index (χ0) is 19.9. The van der Waals surface area contributed by atoms with E-state index in [0.717, 1.165) is 47.8 Å². The number of carbonyl (C=O) groups is 2. The van der Waals surface area contributed by atoms with E-state index < -0.39 is 18.1 Å². The number of benzene rings is 1. The van der Waals surface area contributed by atoms with Crippen molar-refractivity contribution in [3.05, 3.63) is 41.1 Å². The summed E-state index contributed by atoms with van der Waals surface area (Å²) in [5.74, 6) is -0.523. The maximum Gasteiger partial charge on any atom is 0.330 e. The second kappa shape index (κ2) is 7.13. The molecule has 1 aromatic heterocycles. The van der Waals surface area contributed by atoms with Crippen LogP contribution in [-0.4, -0.2) is 36.1 Å². The van der Waals surface area contributed by atoms with E-state index in [1.165, 1.54) is 7.11 Å². The summed E-state index contributed by atoms with van der Waals surface area (Å²) in [5.41, 5.74) is 12.3. The molecule has 1 aromatic carbocycles. The van der Waals surface area contributed by atoms with E-state index in [-0.39, 0.29) is 11.3 Å². The summed E-state index contributed by atoms with van der Waals surface area (Å²) >= 11 is 0. The van der Waals surface area contributed by atoms with Gasteiger partial charge in [-0.25, -0.2) is 4.79 Å². The van der Waals surface area contributed by atoms with Gasteiger partial charge >= 0.3 is 5.97 Å². The van der Waals surface area contributed by atoms with Crippen molar-refractivity contribution in [3.63, 3.8) is 0 Å². The van der Waals surface area contributed by atoms with Crippen LogP contribution in [0, 0.1) is 0 Å². The molecule has 0 radical (unpaired) electrons. The minimum absolute atomic E-state index is 0.0800. The number of para-hydroxylation sites is 1. The van der Waals surface area contributed by atoms with Crippen LogP contribution in [-0.2, 0) is 14.9 Å². The Balaban J connectivity index is 2.08. The number of carbonyl (C=O) groups excluding carboxylic acids is 2. The molecule has 2 unspecified atom stereocenters. The van der Waals surface area contributed by atoms with Crippen LogP contribution in [0.2, 0.25) is 0 Å². The van der Waals surface area contributed by atoms with Gasteiger partial charge in [0.1, 0.15) is 6.04 Å². The van der Waals surface area contributed by atoms with E-state index in [2.05, 4.69) is 17.4 Å². The smallest absolute Gasteiger partial charge is 0.330 e. The predicted octanol–water partition coefficient (Wildman–Crippen LogP) is 3.71. The third-order valence-electron chi connectivity index (χ3n) is 6.55. The van der Waals surface area contributed by atoms with Crippen LogP contribution in [0.5, 0.6) is 0 Å². The number of ether oxygens (including phenoxy) is 1. The molecule has 1 N–H and O–H groups in total. The van der Waals surface area contributed by atoms with Gasteiger partial charge in [0.2, 0.25) is 5.91 Å². The van der Waals surface area contributed by atoms with Gasteiger partial charge in [-0.1, -0.05) is 25.1 Å². The fourth-order valence-corrected chi connectivity index (χ4v) is 5.13. The van der Waals surface area contributed by atoms with Crippen molar-refractivity contribution in [2.45, 2.75) is 56.5 Å². The molecule has 3 atom stereocenters. The lowest BCUT2D eigenvalue weighted by atomic mass is 9.69. The quantitative estimate of drug-likeness (QED) is 0.645. The van der Waals surface area contributed by atoms with Gasteiger partial charge in [-0.3, -0.25) is 9.36 Å². The lowest BCUT2D eigenvalue weighted by Crippen LogP contribution is -2.44. The van der Waals surface area contributed by atoms with Crippen LogP contribution < -0.4 is 5.32 Å². The summed E-state index contributed by atoms with van der Waals surface area (Å²) in [4.78, 5) is 25.4. The highest BCUT2D eigenvalue weighted by molar-refractivity contribution is 5.98. The summed E-state index contributed by atoms with van der Waals surface area (Å²) in [6.45, 7) is 2.86. The summed E-state index contributed by atoms with van der Waals surface area (Å²) < 4.78 is 6.75. The van der Waals surface area contributed by atoms with Gasteiger partial charge in [0.15, 0.2) is 0 Å². The molecule has 0 spiro atoms. The lowest BCUT2D eigenvalue weighted by molar-refractivity contribution is -0.142. The Hall–Kier alpha value is -2.54. The van der Waals surface area contributed by atoms with Gasteiger partial charge in [0.05, 0.1) is 18.7 Å². The molecule has 148 valence electrons. The molecule has 2 aromatic rings. The Morgan fingerprint density at radius 1 is 1.43 bits per heavy atom. The van der Waals surface area contributed by atoms with Gasteiger partial charge in [-0.05, 0) is 38.3 Å². The molecule has 3 heterocycles. The fourth-order valence-electron chi connectivity index (χ4n) is 5.13. The van der Waals surface area contributed by atoms with E-state index in [1.807, 2.05) is 28.8 Å². The van der Waals surface area contributed by atoms with Crippen molar-refractivity contribution in [2.75, 3.05) is 13.7 Å². The molecule has 0 saturated carbocycles. The summed E-state index contributed by atoms with van der Waals surface area (Å²) in [7, 11) is 1.29. The molecule has 28 heavy (non-hydrogen) atoms. The highest BCUT2D eigenvalue weighted by Gasteiger charge is 2.45. The number of esters is 1. The Bertz CT molecular complexity index is 951. The van der Waals surface area contributed by atoms with E-state index in [0.29, 0.717) is 13.0 Å². The molecule has 4 rings (SSSR count). The molecule has 0 saturated heterocycles. The normalized spacial score (nSPS) is 25.5. The maximum absolute atomic E-state index is 13.0. The van der Waals surface area contributed by atoms with Gasteiger partial charge in [-0.15, -0.1) is 0 Å². The first-order chi connectivity index (χ1) is 13.6. The minimum Gasteiger partial charge on any atom is -0.711 e. The maximum atomic E-state index is 13.0. The Kier molecular flexibility index (Phi) is 4.79. The molecule has 0 amide bonds. The van der Waals surface area contributed by atoms with Crippen LogP contribution in [0.3, 0.4) is 0 Å². The van der Waals surface area contributed by atoms with Crippen molar-refractivity contribution in [1.29, 1.82) is 0 Å². The van der Waals surface area contributed by atoms with Crippen LogP contribution in [0.4, 0.5) is 0 Å². The van der Waals surface area contributed by atoms with Crippen LogP contribution in [0.1, 0.15) is 61.1 Å². The van der Waals surface area contributed by atoms with Gasteiger partial charge < -0.3 is 20.7 Å². The third kappa shape index (κ3) is 2.60. The Labute approximate surface area is 163 Å². The van der Waals surface area contributed by atoms with Crippen molar-refractivity contribution in [1.82, 2.24) is 9.88 Å². The third-order valence-corrected chi connectivity index (χ3v) is 6.55. The van der Waals surface area contributed by atoms with E-state index >= 15 is 0 Å². The topological polar surface area (TPSA) is 95.0 Å². The number of methoxy groups -OCH3 is 1. The minimum atomic E-state index is -1.09. The van der Waals surface area contributed by atoms with Crippen molar-refractivity contribution >= 4 is 22.8 Å². The van der Waals surface area contributed by atoms with Crippen LogP contribution in [0.25, 0.3) is 16.4 Å². The molecular weight excluding hydrogens is 356 g/mol. The average Bonchev–Trinajstić information content (AvgIpc) is 3.06. The SMILES string of the molecule is CC[C@]12CCCNC(C(N=[N-])C(=O)OC)c3c1n(c1ccccc31)C(=O)CC2. The van der Waals surface area contributed by atoms with Gasteiger partial charge in [0.25, 0.3) is 0 Å². The van der Waals surface area contributed by atoms with E-state index in [4.69, 9.17) is 4.74 Å². The number of nitrogens with zero attached hydrogens (tertiary/aromatic N) is 3. The summed E-state index contributed by atoms with van der Waals surface area (Å²) in [5, 5.41) is 7.69. The zero-order valence-corrected chi connectivity index (χ0v) is 16.3. The summed E-state index contributed by atoms with van der Waals surface area (Å²) in [6.07, 6.45) is 4.12. The zero-order valence-electron chi connectivity index (χ0n) is 16.3. The molecular formula is C21H25N4O3-.